The molecule has 1 aromatic rings. The fourth-order valence-corrected chi connectivity index (χ4v) is 3.26. The fraction of sp³-hybridized carbons (Fsp3) is 0.714. The molecule has 0 radical (unpaired) electrons. The Bertz CT molecular complexity index is 450. The Morgan fingerprint density at radius 1 is 1.47 bits per heavy atom. The van der Waals surface area contributed by atoms with E-state index in [2.05, 4.69) is 28.0 Å². The van der Waals surface area contributed by atoms with Crippen molar-refractivity contribution in [3.8, 4) is 0 Å². The number of nitrogens with zero attached hydrogens (tertiary/aromatic N) is 2. The normalized spacial score (nSPS) is 18.5. The van der Waals surface area contributed by atoms with Crippen molar-refractivity contribution in [2.24, 2.45) is 5.41 Å². The maximum Gasteiger partial charge on any atom is 0.187 e. The first-order chi connectivity index (χ1) is 9.08. The molecule has 0 spiro atoms. The van der Waals surface area contributed by atoms with E-state index in [1.807, 2.05) is 0 Å². The summed E-state index contributed by atoms with van der Waals surface area (Å²) in [5.74, 6) is 0.215. The predicted octanol–water partition coefficient (Wildman–Crippen LogP) is 3.45. The summed E-state index contributed by atoms with van der Waals surface area (Å²) in [6.45, 7) is 3.26. The van der Waals surface area contributed by atoms with Gasteiger partial charge in [0.15, 0.2) is 5.78 Å². The highest BCUT2D eigenvalue weighted by Gasteiger charge is 2.37. The average Bonchev–Trinajstić information content (AvgIpc) is 2.77. The number of halogens is 1. The summed E-state index contributed by atoms with van der Waals surface area (Å²) in [6, 6.07) is 0. The van der Waals surface area contributed by atoms with Gasteiger partial charge in [-0.3, -0.25) is 9.48 Å². The molecule has 0 amide bonds. The van der Waals surface area contributed by atoms with Crippen LogP contribution in [0, 0.1) is 5.41 Å². The number of hydrogen-bond donors (Lipinski definition) is 0. The van der Waals surface area contributed by atoms with E-state index in [0.29, 0.717) is 18.8 Å². The minimum Gasteiger partial charge on any atom is -0.383 e. The van der Waals surface area contributed by atoms with Crippen LogP contribution in [0.3, 0.4) is 0 Å². The summed E-state index contributed by atoms with van der Waals surface area (Å²) >= 11 is 3.46. The molecule has 1 aliphatic carbocycles. The largest absolute Gasteiger partial charge is 0.383 e. The van der Waals surface area contributed by atoms with Gasteiger partial charge in [-0.2, -0.15) is 5.10 Å². The van der Waals surface area contributed by atoms with Gasteiger partial charge in [-0.1, -0.05) is 26.2 Å². The summed E-state index contributed by atoms with van der Waals surface area (Å²) in [7, 11) is 1.66. The molecule has 0 saturated heterocycles. The molecule has 5 heteroatoms. The molecule has 0 atom stereocenters. The number of carbonyl (C=O) groups is 1. The fourth-order valence-electron chi connectivity index (χ4n) is 2.78. The maximum absolute atomic E-state index is 12.9. The van der Waals surface area contributed by atoms with Crippen LogP contribution in [-0.2, 0) is 11.3 Å². The highest BCUT2D eigenvalue weighted by Crippen LogP contribution is 2.39. The summed E-state index contributed by atoms with van der Waals surface area (Å²) < 4.78 is 7.62. The lowest BCUT2D eigenvalue weighted by molar-refractivity contribution is 0.0733. The second kappa shape index (κ2) is 6.18. The Morgan fingerprint density at radius 2 is 2.16 bits per heavy atom. The molecule has 0 N–H and O–H groups in total. The second-order valence-corrected chi connectivity index (χ2v) is 6.36. The summed E-state index contributed by atoms with van der Waals surface area (Å²) in [4.78, 5) is 12.9. The molecular weight excluding hydrogens is 308 g/mol. The molecule has 0 aromatic carbocycles. The van der Waals surface area contributed by atoms with E-state index in [1.54, 1.807) is 18.0 Å². The van der Waals surface area contributed by atoms with Crippen LogP contribution in [0.2, 0.25) is 0 Å². The van der Waals surface area contributed by atoms with E-state index in [-0.39, 0.29) is 11.2 Å². The Labute approximate surface area is 122 Å². The van der Waals surface area contributed by atoms with Crippen LogP contribution in [0.5, 0.6) is 0 Å². The molecule has 1 aromatic heterocycles. The Kier molecular flexibility index (Phi) is 4.79. The van der Waals surface area contributed by atoms with Gasteiger partial charge in [0.05, 0.1) is 23.8 Å². The molecule has 0 bridgehead atoms. The number of methoxy groups -OCH3 is 1. The summed E-state index contributed by atoms with van der Waals surface area (Å²) in [6.07, 6.45) is 7.20. The molecule has 1 saturated carbocycles. The van der Waals surface area contributed by atoms with Gasteiger partial charge in [0, 0.05) is 12.5 Å². The molecule has 19 heavy (non-hydrogen) atoms. The molecule has 0 unspecified atom stereocenters. The van der Waals surface area contributed by atoms with E-state index in [1.165, 1.54) is 6.42 Å². The molecule has 4 nitrogen and oxygen atoms in total. The molecule has 2 rings (SSSR count). The van der Waals surface area contributed by atoms with E-state index in [0.717, 1.165) is 30.2 Å². The Hall–Kier alpha value is -0.680. The third kappa shape index (κ3) is 3.08. The zero-order valence-corrected chi connectivity index (χ0v) is 13.2. The molecule has 106 valence electrons. The van der Waals surface area contributed by atoms with Gasteiger partial charge < -0.3 is 4.74 Å². The van der Waals surface area contributed by atoms with Crippen LogP contribution >= 0.6 is 15.9 Å². The number of Topliss-reactive ketones (excluding diaryl/α,β-unsaturated/α-hetero) is 1. The Morgan fingerprint density at radius 3 is 2.79 bits per heavy atom. The van der Waals surface area contributed by atoms with Crippen LogP contribution in [0.1, 0.15) is 49.5 Å². The van der Waals surface area contributed by atoms with Crippen LogP contribution < -0.4 is 0 Å². The highest BCUT2D eigenvalue weighted by atomic mass is 79.9. The highest BCUT2D eigenvalue weighted by molar-refractivity contribution is 9.10. The smallest absolute Gasteiger partial charge is 0.187 e. The molecule has 1 fully saturated rings. The van der Waals surface area contributed by atoms with Crippen molar-refractivity contribution in [3.05, 3.63) is 16.4 Å². The lowest BCUT2D eigenvalue weighted by Gasteiger charge is -2.32. The number of hydrogen-bond acceptors (Lipinski definition) is 3. The number of carbonyl (C=O) groups excluding carboxylic acids is 1. The van der Waals surface area contributed by atoms with Crippen molar-refractivity contribution in [2.75, 3.05) is 13.7 Å². The maximum atomic E-state index is 12.9. The minimum atomic E-state index is -0.231. The van der Waals surface area contributed by atoms with Crippen LogP contribution in [-0.4, -0.2) is 29.3 Å². The second-order valence-electron chi connectivity index (χ2n) is 5.51. The minimum absolute atomic E-state index is 0.215. The average molecular weight is 329 g/mol. The molecule has 1 heterocycles. The molecule has 0 aliphatic heterocycles. The zero-order valence-electron chi connectivity index (χ0n) is 11.6. The van der Waals surface area contributed by atoms with Gasteiger partial charge in [-0.25, -0.2) is 0 Å². The lowest BCUT2D eigenvalue weighted by Crippen LogP contribution is -2.32. The van der Waals surface area contributed by atoms with E-state index < -0.39 is 0 Å². The number of rotatable bonds is 5. The van der Waals surface area contributed by atoms with Crippen molar-refractivity contribution in [3.63, 3.8) is 0 Å². The lowest BCUT2D eigenvalue weighted by atomic mass is 9.72. The first-order valence-electron chi connectivity index (χ1n) is 6.83. The Balaban J connectivity index is 2.24. The number of ketones is 1. The van der Waals surface area contributed by atoms with Crippen molar-refractivity contribution in [1.82, 2.24) is 9.78 Å². The van der Waals surface area contributed by atoms with Crippen molar-refractivity contribution >= 4 is 21.7 Å². The number of ether oxygens (including phenoxy) is 1. The quantitative estimate of drug-likeness (QED) is 0.777. The van der Waals surface area contributed by atoms with E-state index in [9.17, 15) is 4.79 Å². The van der Waals surface area contributed by atoms with Gasteiger partial charge in [-0.15, -0.1) is 0 Å². The summed E-state index contributed by atoms with van der Waals surface area (Å²) in [5, 5.41) is 4.27. The molecular formula is C14H21BrN2O2. The predicted molar refractivity (Wildman–Crippen MR) is 77.3 cm³/mol. The third-order valence-corrected chi connectivity index (χ3v) is 4.60. The van der Waals surface area contributed by atoms with Gasteiger partial charge in [0.1, 0.15) is 5.69 Å². The van der Waals surface area contributed by atoms with Crippen molar-refractivity contribution < 1.29 is 9.53 Å². The zero-order chi connectivity index (χ0) is 13.9. The van der Waals surface area contributed by atoms with Gasteiger partial charge in [-0.05, 0) is 28.8 Å². The first-order valence-corrected chi connectivity index (χ1v) is 7.63. The topological polar surface area (TPSA) is 44.1 Å². The van der Waals surface area contributed by atoms with Gasteiger partial charge >= 0.3 is 0 Å². The first kappa shape index (κ1) is 14.7. The van der Waals surface area contributed by atoms with Crippen LogP contribution in [0.4, 0.5) is 0 Å². The monoisotopic (exact) mass is 328 g/mol. The van der Waals surface area contributed by atoms with E-state index in [4.69, 9.17) is 4.74 Å². The van der Waals surface area contributed by atoms with Crippen molar-refractivity contribution in [1.29, 1.82) is 0 Å². The van der Waals surface area contributed by atoms with Crippen LogP contribution in [0.15, 0.2) is 10.7 Å². The van der Waals surface area contributed by atoms with Crippen molar-refractivity contribution in [2.45, 2.75) is 45.6 Å². The van der Waals surface area contributed by atoms with E-state index >= 15 is 0 Å². The summed E-state index contributed by atoms with van der Waals surface area (Å²) in [5.41, 5.74) is 0.465. The van der Waals surface area contributed by atoms with Gasteiger partial charge in [0.25, 0.3) is 0 Å². The van der Waals surface area contributed by atoms with Crippen LogP contribution in [0.25, 0.3) is 0 Å². The third-order valence-electron chi connectivity index (χ3n) is 4.02. The standard InChI is InChI=1S/C14H21BrN2O2/c1-14(6-4-3-5-7-14)13(18)12-11(15)10-16-17(12)8-9-19-2/h10H,3-9H2,1-2H3. The molecule has 1 aliphatic rings. The van der Waals surface area contributed by atoms with Gasteiger partial charge in [0.2, 0.25) is 0 Å². The SMILES string of the molecule is COCCn1ncc(Br)c1C(=O)C1(C)CCCCC1. The number of aromatic nitrogens is 2.